The molecule has 0 radical (unpaired) electrons. The van der Waals surface area contributed by atoms with Crippen molar-refractivity contribution < 1.29 is 9.53 Å². The van der Waals surface area contributed by atoms with Crippen LogP contribution >= 0.6 is 11.8 Å². The van der Waals surface area contributed by atoms with E-state index >= 15 is 0 Å². The molecule has 2 aromatic carbocycles. The van der Waals surface area contributed by atoms with E-state index in [0.717, 1.165) is 35.1 Å². The van der Waals surface area contributed by atoms with Gasteiger partial charge in [-0.1, -0.05) is 42.5 Å². The van der Waals surface area contributed by atoms with Crippen LogP contribution in [0.3, 0.4) is 0 Å². The van der Waals surface area contributed by atoms with E-state index in [2.05, 4.69) is 9.89 Å². The van der Waals surface area contributed by atoms with E-state index in [0.29, 0.717) is 11.5 Å². The van der Waals surface area contributed by atoms with Crippen LogP contribution in [0.2, 0.25) is 0 Å². The van der Waals surface area contributed by atoms with Crippen LogP contribution in [0, 0.1) is 0 Å². The molecule has 5 heteroatoms. The Hall–Kier alpha value is -2.53. The molecule has 0 aliphatic carbocycles. The molecule has 0 atom stereocenters. The van der Waals surface area contributed by atoms with Gasteiger partial charge in [0.05, 0.1) is 4.91 Å². The molecule has 0 unspecified atom stereocenters. The lowest BCUT2D eigenvalue weighted by Gasteiger charge is -2.27. The zero-order valence-electron chi connectivity index (χ0n) is 15.1. The van der Waals surface area contributed by atoms with Crippen LogP contribution in [-0.2, 0) is 11.4 Å². The fraction of sp³-hybridized carbons (Fsp3) is 0.273. The predicted octanol–water partition coefficient (Wildman–Crippen LogP) is 4.72. The first-order valence-electron chi connectivity index (χ1n) is 9.32. The van der Waals surface area contributed by atoms with Crippen molar-refractivity contribution in [3.05, 3.63) is 70.6 Å². The third-order valence-electron chi connectivity index (χ3n) is 4.66. The lowest BCUT2D eigenvalue weighted by atomic mass is 10.1. The molecule has 0 spiro atoms. The molecule has 138 valence electrons. The third-order valence-corrected chi connectivity index (χ3v) is 5.71. The van der Waals surface area contributed by atoms with Gasteiger partial charge in [-0.2, -0.15) is 4.99 Å². The summed E-state index contributed by atoms with van der Waals surface area (Å²) in [6.45, 7) is 2.54. The Morgan fingerprint density at radius 3 is 2.48 bits per heavy atom. The second-order valence-corrected chi connectivity index (χ2v) is 7.71. The molecule has 1 fully saturated rings. The fourth-order valence-electron chi connectivity index (χ4n) is 3.17. The number of ether oxygens (including phenoxy) is 1. The van der Waals surface area contributed by atoms with E-state index in [4.69, 9.17) is 4.74 Å². The molecule has 2 heterocycles. The highest BCUT2D eigenvalue weighted by Crippen LogP contribution is 2.31. The summed E-state index contributed by atoms with van der Waals surface area (Å²) in [6.07, 6.45) is 5.53. The van der Waals surface area contributed by atoms with Gasteiger partial charge in [-0.3, -0.25) is 4.79 Å². The number of rotatable bonds is 4. The Balaban J connectivity index is 1.37. The van der Waals surface area contributed by atoms with E-state index in [1.807, 2.05) is 60.7 Å². The predicted molar refractivity (Wildman–Crippen MR) is 111 cm³/mol. The maximum Gasteiger partial charge on any atom is 0.286 e. The molecule has 2 aromatic rings. The van der Waals surface area contributed by atoms with E-state index in [1.54, 1.807) is 0 Å². The van der Waals surface area contributed by atoms with E-state index in [-0.39, 0.29) is 5.91 Å². The van der Waals surface area contributed by atoms with Gasteiger partial charge in [0.1, 0.15) is 12.4 Å². The molecular formula is C22H22N2O2S. The number of carbonyl (C=O) groups excluding carboxylic acids is 1. The fourth-order valence-corrected chi connectivity index (χ4v) is 4.14. The van der Waals surface area contributed by atoms with Gasteiger partial charge in [-0.15, -0.1) is 0 Å². The van der Waals surface area contributed by atoms with Gasteiger partial charge >= 0.3 is 0 Å². The van der Waals surface area contributed by atoms with E-state index in [9.17, 15) is 4.79 Å². The molecule has 4 rings (SSSR count). The van der Waals surface area contributed by atoms with Crippen LogP contribution in [-0.4, -0.2) is 29.1 Å². The van der Waals surface area contributed by atoms with Crippen molar-refractivity contribution in [2.45, 2.75) is 25.9 Å². The Bertz CT molecular complexity index is 854. The first-order chi connectivity index (χ1) is 13.3. The zero-order valence-corrected chi connectivity index (χ0v) is 16.0. The normalized spacial score (nSPS) is 18.7. The summed E-state index contributed by atoms with van der Waals surface area (Å²) in [7, 11) is 0. The number of benzene rings is 2. The number of aliphatic imine (C=N–C) groups is 1. The van der Waals surface area contributed by atoms with Gasteiger partial charge in [0.2, 0.25) is 0 Å². The van der Waals surface area contributed by atoms with Crippen LogP contribution < -0.4 is 4.74 Å². The van der Waals surface area contributed by atoms with Crippen LogP contribution in [0.25, 0.3) is 6.08 Å². The summed E-state index contributed by atoms with van der Waals surface area (Å²) in [5.41, 5.74) is 2.12. The summed E-state index contributed by atoms with van der Waals surface area (Å²) in [4.78, 5) is 19.4. The lowest BCUT2D eigenvalue weighted by molar-refractivity contribution is -0.113. The van der Waals surface area contributed by atoms with Crippen molar-refractivity contribution in [1.29, 1.82) is 0 Å². The molecule has 2 aliphatic rings. The first kappa shape index (κ1) is 17.9. The van der Waals surface area contributed by atoms with Gasteiger partial charge < -0.3 is 9.64 Å². The van der Waals surface area contributed by atoms with Gasteiger partial charge in [0, 0.05) is 13.1 Å². The highest BCUT2D eigenvalue weighted by atomic mass is 32.2. The smallest absolute Gasteiger partial charge is 0.286 e. The number of thioether (sulfide) groups is 1. The summed E-state index contributed by atoms with van der Waals surface area (Å²) < 4.78 is 5.81. The van der Waals surface area contributed by atoms with Crippen molar-refractivity contribution >= 4 is 28.9 Å². The first-order valence-corrected chi connectivity index (χ1v) is 10.1. The minimum Gasteiger partial charge on any atom is -0.489 e. The van der Waals surface area contributed by atoms with Crippen LogP contribution in [0.1, 0.15) is 30.4 Å². The number of amidine groups is 1. The summed E-state index contributed by atoms with van der Waals surface area (Å²) in [6, 6.07) is 17.9. The van der Waals surface area contributed by atoms with Crippen LogP contribution in [0.5, 0.6) is 5.75 Å². The molecular weight excluding hydrogens is 356 g/mol. The number of hydrogen-bond acceptors (Lipinski definition) is 4. The number of likely N-dealkylation sites (tertiary alicyclic amines) is 1. The largest absolute Gasteiger partial charge is 0.489 e. The highest BCUT2D eigenvalue weighted by molar-refractivity contribution is 8.18. The number of amides is 1. The Kier molecular flexibility index (Phi) is 5.58. The van der Waals surface area contributed by atoms with Gasteiger partial charge in [0.25, 0.3) is 5.91 Å². The summed E-state index contributed by atoms with van der Waals surface area (Å²) in [5, 5.41) is 0.855. The number of nitrogens with zero attached hydrogens (tertiary/aromatic N) is 2. The maximum absolute atomic E-state index is 12.2. The van der Waals surface area contributed by atoms with E-state index in [1.165, 1.54) is 31.0 Å². The average molecular weight is 378 g/mol. The molecule has 0 saturated carbocycles. The maximum atomic E-state index is 12.2. The van der Waals surface area contributed by atoms with Gasteiger partial charge in [-0.25, -0.2) is 0 Å². The average Bonchev–Trinajstić information content (AvgIpc) is 3.09. The highest BCUT2D eigenvalue weighted by Gasteiger charge is 2.26. The second kappa shape index (κ2) is 8.44. The molecule has 1 saturated heterocycles. The van der Waals surface area contributed by atoms with Crippen molar-refractivity contribution in [3.8, 4) is 5.75 Å². The number of piperidine rings is 1. The molecule has 27 heavy (non-hydrogen) atoms. The molecule has 2 aliphatic heterocycles. The Labute approximate surface area is 163 Å². The molecule has 0 aromatic heterocycles. The van der Waals surface area contributed by atoms with Gasteiger partial charge in [0.15, 0.2) is 5.17 Å². The lowest BCUT2D eigenvalue weighted by Crippen LogP contribution is -2.33. The molecule has 0 bridgehead atoms. The minimum absolute atomic E-state index is 0.134. The van der Waals surface area contributed by atoms with Gasteiger partial charge in [-0.05, 0) is 60.4 Å². The topological polar surface area (TPSA) is 41.9 Å². The standard InChI is InChI=1S/C22H22N2O2S/c25-21-20(27-22(23-21)24-13-5-2-6-14-24)15-17-9-11-19(12-10-17)26-16-18-7-3-1-4-8-18/h1,3-4,7-12,15H,2,5-6,13-14,16H2/b20-15+. The summed E-state index contributed by atoms with van der Waals surface area (Å²) >= 11 is 1.49. The van der Waals surface area contributed by atoms with E-state index < -0.39 is 0 Å². The monoisotopic (exact) mass is 378 g/mol. The molecule has 1 amide bonds. The van der Waals surface area contributed by atoms with Crippen LogP contribution in [0.4, 0.5) is 0 Å². The zero-order chi connectivity index (χ0) is 18.5. The number of hydrogen-bond donors (Lipinski definition) is 0. The van der Waals surface area contributed by atoms with Crippen molar-refractivity contribution in [2.75, 3.05) is 13.1 Å². The van der Waals surface area contributed by atoms with Crippen molar-refractivity contribution in [3.63, 3.8) is 0 Å². The Morgan fingerprint density at radius 2 is 1.74 bits per heavy atom. The van der Waals surface area contributed by atoms with Crippen molar-refractivity contribution in [2.24, 2.45) is 4.99 Å². The number of carbonyl (C=O) groups is 1. The Morgan fingerprint density at radius 1 is 1.00 bits per heavy atom. The SMILES string of the molecule is O=C1N=C(N2CCCCC2)S/C1=C/c1ccc(OCc2ccccc2)cc1. The summed E-state index contributed by atoms with van der Waals surface area (Å²) in [5.74, 6) is 0.682. The molecule has 4 nitrogen and oxygen atoms in total. The quantitative estimate of drug-likeness (QED) is 0.722. The minimum atomic E-state index is -0.134. The van der Waals surface area contributed by atoms with Crippen molar-refractivity contribution in [1.82, 2.24) is 4.90 Å². The van der Waals surface area contributed by atoms with Crippen LogP contribution in [0.15, 0.2) is 64.5 Å². The third kappa shape index (κ3) is 4.61. The molecule has 0 N–H and O–H groups in total. The second-order valence-electron chi connectivity index (χ2n) is 6.70.